The summed E-state index contributed by atoms with van der Waals surface area (Å²) in [6, 6.07) is 12.8. The van der Waals surface area contributed by atoms with Gasteiger partial charge in [0.25, 0.3) is 0 Å². The average Bonchev–Trinajstić information content (AvgIpc) is 3.40. The molecule has 7 nitrogen and oxygen atoms in total. The highest BCUT2D eigenvalue weighted by molar-refractivity contribution is 6.31. The van der Waals surface area contributed by atoms with Gasteiger partial charge in [0, 0.05) is 41.7 Å². The number of rotatable bonds is 7. The van der Waals surface area contributed by atoms with Gasteiger partial charge in [0.05, 0.1) is 24.9 Å². The van der Waals surface area contributed by atoms with Crippen LogP contribution < -0.4 is 10.1 Å². The number of hydrogen-bond donors (Lipinski definition) is 1. The molecule has 0 bridgehead atoms. The summed E-state index contributed by atoms with van der Waals surface area (Å²) >= 11 is 6.35. The molecule has 0 saturated carbocycles. The van der Waals surface area contributed by atoms with E-state index in [4.69, 9.17) is 21.1 Å². The number of fused-ring (bicyclic) bond motifs is 1. The summed E-state index contributed by atoms with van der Waals surface area (Å²) in [4.78, 5) is 23.9. The molecule has 0 fully saturated rings. The number of carbonyl (C=O) groups is 2. The molecule has 1 aliphatic rings. The maximum absolute atomic E-state index is 12.2. The van der Waals surface area contributed by atoms with E-state index in [1.807, 2.05) is 43.5 Å². The van der Waals surface area contributed by atoms with Crippen molar-refractivity contribution in [2.24, 2.45) is 0 Å². The van der Waals surface area contributed by atoms with Gasteiger partial charge >= 0.3 is 5.97 Å². The molecule has 1 N–H and O–H groups in total. The lowest BCUT2D eigenvalue weighted by Gasteiger charge is -2.14. The van der Waals surface area contributed by atoms with Crippen LogP contribution in [0.2, 0.25) is 5.02 Å². The minimum absolute atomic E-state index is 0.0469. The Labute approximate surface area is 191 Å². The Morgan fingerprint density at radius 2 is 2.03 bits per heavy atom. The second-order valence-corrected chi connectivity index (χ2v) is 8.17. The summed E-state index contributed by atoms with van der Waals surface area (Å²) in [5, 5.41) is 7.84. The van der Waals surface area contributed by atoms with Gasteiger partial charge in [-0.15, -0.1) is 0 Å². The number of carbonyl (C=O) groups excluding carboxylic acids is 2. The highest BCUT2D eigenvalue weighted by atomic mass is 35.5. The Morgan fingerprint density at radius 1 is 1.25 bits per heavy atom. The predicted octanol–water partition coefficient (Wildman–Crippen LogP) is 3.81. The lowest BCUT2D eigenvalue weighted by Crippen LogP contribution is -2.34. The number of methoxy groups -OCH3 is 1. The number of amides is 1. The zero-order chi connectivity index (χ0) is 22.7. The number of aryl methyl sites for hydroxylation is 2. The molecule has 0 saturated heterocycles. The third kappa shape index (κ3) is 4.94. The molecule has 1 amide bonds. The van der Waals surface area contributed by atoms with Gasteiger partial charge in [0.2, 0.25) is 5.91 Å². The van der Waals surface area contributed by atoms with Crippen LogP contribution >= 0.6 is 11.6 Å². The van der Waals surface area contributed by atoms with E-state index in [2.05, 4.69) is 10.4 Å². The summed E-state index contributed by atoms with van der Waals surface area (Å²) in [6.07, 6.45) is 2.70. The Balaban J connectivity index is 1.39. The highest BCUT2D eigenvalue weighted by Gasteiger charge is 2.27. The van der Waals surface area contributed by atoms with Gasteiger partial charge in [0.1, 0.15) is 11.9 Å². The first-order valence-corrected chi connectivity index (χ1v) is 10.8. The molecule has 166 valence electrons. The van der Waals surface area contributed by atoms with Gasteiger partial charge in [-0.25, -0.2) is 4.79 Å². The van der Waals surface area contributed by atoms with E-state index < -0.39 is 0 Å². The molecule has 32 heavy (non-hydrogen) atoms. The zero-order valence-electron chi connectivity index (χ0n) is 17.9. The largest absolute Gasteiger partial charge is 0.487 e. The van der Waals surface area contributed by atoms with Gasteiger partial charge in [0.15, 0.2) is 0 Å². The van der Waals surface area contributed by atoms with Crippen LogP contribution in [0.25, 0.3) is 11.1 Å². The molecule has 0 radical (unpaired) electrons. The molecule has 0 spiro atoms. The number of nitrogens with zero attached hydrogens (tertiary/aromatic N) is 2. The maximum atomic E-state index is 12.2. The lowest BCUT2D eigenvalue weighted by atomic mass is 9.99. The normalized spacial score (nSPS) is 14.5. The fourth-order valence-corrected chi connectivity index (χ4v) is 3.99. The van der Waals surface area contributed by atoms with Crippen molar-refractivity contribution in [2.75, 3.05) is 13.7 Å². The molecule has 1 aliphatic heterocycles. The summed E-state index contributed by atoms with van der Waals surface area (Å²) in [5.41, 5.74) is 4.14. The van der Waals surface area contributed by atoms with E-state index in [9.17, 15) is 9.59 Å². The third-order valence-corrected chi connectivity index (χ3v) is 5.57. The first-order valence-electron chi connectivity index (χ1n) is 10.4. The van der Waals surface area contributed by atoms with Crippen LogP contribution in [-0.4, -0.2) is 41.4 Å². The van der Waals surface area contributed by atoms with Crippen molar-refractivity contribution in [3.05, 3.63) is 70.5 Å². The molecule has 0 aliphatic carbocycles. The van der Waals surface area contributed by atoms with E-state index in [1.54, 1.807) is 16.8 Å². The highest BCUT2D eigenvalue weighted by Crippen LogP contribution is 2.41. The minimum atomic E-state index is -0.386. The lowest BCUT2D eigenvalue weighted by molar-refractivity contribution is -0.121. The molecule has 4 rings (SSSR count). The monoisotopic (exact) mass is 453 g/mol. The predicted molar refractivity (Wildman–Crippen MR) is 121 cm³/mol. The molecular formula is C24H24ClN3O4. The van der Waals surface area contributed by atoms with Gasteiger partial charge in [-0.3, -0.25) is 9.48 Å². The van der Waals surface area contributed by atoms with Crippen molar-refractivity contribution >= 4 is 23.5 Å². The molecular weight excluding hydrogens is 430 g/mol. The van der Waals surface area contributed by atoms with Crippen LogP contribution in [0.15, 0.2) is 48.7 Å². The molecule has 0 unspecified atom stereocenters. The molecule has 8 heteroatoms. The van der Waals surface area contributed by atoms with Crippen molar-refractivity contribution < 1.29 is 19.1 Å². The Hall–Kier alpha value is -3.32. The first-order chi connectivity index (χ1) is 15.4. The van der Waals surface area contributed by atoms with Gasteiger partial charge in [-0.05, 0) is 42.8 Å². The van der Waals surface area contributed by atoms with Crippen LogP contribution in [0.5, 0.6) is 5.75 Å². The summed E-state index contributed by atoms with van der Waals surface area (Å²) in [7, 11) is 1.35. The topological polar surface area (TPSA) is 82.5 Å². The van der Waals surface area contributed by atoms with Crippen molar-refractivity contribution in [1.82, 2.24) is 15.1 Å². The molecule has 2 aromatic carbocycles. The second-order valence-electron chi connectivity index (χ2n) is 7.73. The van der Waals surface area contributed by atoms with Gasteiger partial charge in [-0.2, -0.15) is 5.10 Å². The number of benzene rings is 2. The van der Waals surface area contributed by atoms with Crippen LogP contribution in [0.3, 0.4) is 0 Å². The van der Waals surface area contributed by atoms with Crippen molar-refractivity contribution in [1.29, 1.82) is 0 Å². The third-order valence-electron chi connectivity index (χ3n) is 5.35. The van der Waals surface area contributed by atoms with E-state index in [0.717, 1.165) is 28.1 Å². The van der Waals surface area contributed by atoms with Crippen molar-refractivity contribution in [3.63, 3.8) is 0 Å². The van der Waals surface area contributed by atoms with E-state index in [-0.39, 0.29) is 18.0 Å². The van der Waals surface area contributed by atoms with Crippen molar-refractivity contribution in [2.45, 2.75) is 32.4 Å². The van der Waals surface area contributed by atoms with Gasteiger partial charge < -0.3 is 14.8 Å². The quantitative estimate of drug-likeness (QED) is 0.550. The smallest absolute Gasteiger partial charge is 0.337 e. The first kappa shape index (κ1) is 21.9. The number of halogens is 1. The maximum Gasteiger partial charge on any atom is 0.337 e. The van der Waals surface area contributed by atoms with Crippen LogP contribution in [0.4, 0.5) is 0 Å². The average molecular weight is 454 g/mol. The standard InChI is InChI=1S/C24H24ClN3O4/c1-15-7-9-28(27-15)10-8-22(29)26-14-20-12-18-11-19(25)13-21(23(18)32-20)16-3-5-17(6-4-16)24(30)31-2/h3-7,9,11,13,20H,8,10,12,14H2,1-2H3,(H,26,29)/t20-/m0/s1. The number of nitrogens with one attached hydrogen (secondary N) is 1. The molecule has 3 aromatic rings. The fourth-order valence-electron chi connectivity index (χ4n) is 3.75. The van der Waals surface area contributed by atoms with Crippen LogP contribution in [0.1, 0.15) is 28.0 Å². The number of hydrogen-bond acceptors (Lipinski definition) is 5. The van der Waals surface area contributed by atoms with Gasteiger partial charge in [-0.1, -0.05) is 23.7 Å². The SMILES string of the molecule is COC(=O)c1ccc(-c2cc(Cl)cc3c2O[C@H](CNC(=O)CCn2ccc(C)n2)C3)cc1. The zero-order valence-corrected chi connectivity index (χ0v) is 18.7. The van der Waals surface area contributed by atoms with Crippen molar-refractivity contribution in [3.8, 4) is 16.9 Å². The Bertz CT molecular complexity index is 1140. The van der Waals surface area contributed by atoms with Crippen LogP contribution in [0, 0.1) is 6.92 Å². The molecule has 2 heterocycles. The second kappa shape index (κ2) is 9.44. The summed E-state index contributed by atoms with van der Waals surface area (Å²) < 4.78 is 12.7. The Kier molecular flexibility index (Phi) is 6.46. The van der Waals surface area contributed by atoms with E-state index >= 15 is 0 Å². The van der Waals surface area contributed by atoms with E-state index in [0.29, 0.717) is 36.5 Å². The Morgan fingerprint density at radius 3 is 2.72 bits per heavy atom. The summed E-state index contributed by atoms with van der Waals surface area (Å²) in [5.74, 6) is 0.323. The molecule has 1 atom stereocenters. The fraction of sp³-hybridized carbons (Fsp3) is 0.292. The number of esters is 1. The number of aromatic nitrogens is 2. The van der Waals surface area contributed by atoms with E-state index in [1.165, 1.54) is 7.11 Å². The van der Waals surface area contributed by atoms with Crippen LogP contribution in [-0.2, 0) is 22.5 Å². The molecule has 1 aromatic heterocycles. The number of ether oxygens (including phenoxy) is 2. The summed E-state index contributed by atoms with van der Waals surface area (Å²) in [6.45, 7) is 2.86. The minimum Gasteiger partial charge on any atom is -0.487 e.